The molecule has 1 aliphatic heterocycles. The number of likely N-dealkylation sites (tertiary alicyclic amines) is 1. The number of piperidine rings is 1. The first-order chi connectivity index (χ1) is 9.43. The molecule has 0 aromatic carbocycles. The first kappa shape index (κ1) is 16.8. The Morgan fingerprint density at radius 2 is 2.00 bits per heavy atom. The summed E-state index contributed by atoms with van der Waals surface area (Å²) in [5.41, 5.74) is 0. The molecule has 1 heterocycles. The van der Waals surface area contributed by atoms with Gasteiger partial charge in [0.1, 0.15) is 0 Å². The number of nitrogens with one attached hydrogen (secondary N) is 1. The molecule has 20 heavy (non-hydrogen) atoms. The second kappa shape index (κ2) is 8.09. The highest BCUT2D eigenvalue weighted by atomic mass is 16.4. The number of carbonyl (C=O) groups is 2. The number of urea groups is 1. The number of carbonyl (C=O) groups excluding carboxylic acids is 1. The van der Waals surface area contributed by atoms with Crippen molar-refractivity contribution in [1.29, 1.82) is 0 Å². The van der Waals surface area contributed by atoms with Crippen LogP contribution in [0.4, 0.5) is 4.79 Å². The molecule has 1 fully saturated rings. The third kappa shape index (κ3) is 5.36. The van der Waals surface area contributed by atoms with Gasteiger partial charge in [0.15, 0.2) is 0 Å². The normalized spacial score (nSPS) is 18.6. The van der Waals surface area contributed by atoms with Gasteiger partial charge in [0, 0.05) is 20.1 Å². The lowest BCUT2D eigenvalue weighted by molar-refractivity contribution is -0.141. The maximum absolute atomic E-state index is 11.9. The SMILES string of the molecule is CCC(CNC(=O)N(C)CC1CCN(C)CC1)C(=O)O. The molecule has 6 nitrogen and oxygen atoms in total. The van der Waals surface area contributed by atoms with E-state index in [1.807, 2.05) is 6.92 Å². The average Bonchev–Trinajstić information content (AvgIpc) is 2.41. The second-order valence-electron chi connectivity index (χ2n) is 5.76. The van der Waals surface area contributed by atoms with Crippen LogP contribution in [0, 0.1) is 11.8 Å². The fourth-order valence-electron chi connectivity index (χ4n) is 2.47. The summed E-state index contributed by atoms with van der Waals surface area (Å²) in [7, 11) is 3.89. The molecule has 0 aliphatic carbocycles. The minimum Gasteiger partial charge on any atom is -0.481 e. The van der Waals surface area contributed by atoms with Crippen LogP contribution < -0.4 is 5.32 Å². The molecule has 6 heteroatoms. The molecule has 0 saturated carbocycles. The number of amides is 2. The number of hydrogen-bond acceptors (Lipinski definition) is 3. The Morgan fingerprint density at radius 1 is 1.40 bits per heavy atom. The quantitative estimate of drug-likeness (QED) is 0.766. The molecule has 1 unspecified atom stereocenters. The van der Waals surface area contributed by atoms with Crippen LogP contribution >= 0.6 is 0 Å². The lowest BCUT2D eigenvalue weighted by atomic mass is 9.97. The van der Waals surface area contributed by atoms with Crippen LogP contribution in [0.5, 0.6) is 0 Å². The summed E-state index contributed by atoms with van der Waals surface area (Å²) >= 11 is 0. The third-order valence-electron chi connectivity index (χ3n) is 4.06. The third-order valence-corrected chi connectivity index (χ3v) is 4.06. The van der Waals surface area contributed by atoms with E-state index in [9.17, 15) is 9.59 Å². The fraction of sp³-hybridized carbons (Fsp3) is 0.857. The van der Waals surface area contributed by atoms with E-state index in [0.29, 0.717) is 12.3 Å². The van der Waals surface area contributed by atoms with E-state index < -0.39 is 11.9 Å². The molecule has 0 spiro atoms. The zero-order valence-corrected chi connectivity index (χ0v) is 12.8. The summed E-state index contributed by atoms with van der Waals surface area (Å²) in [6.07, 6.45) is 2.75. The number of carboxylic acids is 1. The summed E-state index contributed by atoms with van der Waals surface area (Å²) in [5.74, 6) is -0.815. The number of aliphatic carboxylic acids is 1. The molecule has 1 saturated heterocycles. The Morgan fingerprint density at radius 3 is 2.50 bits per heavy atom. The highest BCUT2D eigenvalue weighted by molar-refractivity contribution is 5.75. The standard InChI is InChI=1S/C14H27N3O3/c1-4-12(13(18)19)9-15-14(20)17(3)10-11-5-7-16(2)8-6-11/h11-12H,4-10H2,1-3H3,(H,15,20)(H,18,19). The van der Waals surface area contributed by atoms with Gasteiger partial charge in [-0.05, 0) is 45.3 Å². The molecule has 1 rings (SSSR count). The Balaban J connectivity index is 2.30. The first-order valence-electron chi connectivity index (χ1n) is 7.34. The Hall–Kier alpha value is -1.30. The van der Waals surface area contributed by atoms with Gasteiger partial charge in [-0.3, -0.25) is 4.79 Å². The van der Waals surface area contributed by atoms with Crippen molar-refractivity contribution in [2.24, 2.45) is 11.8 Å². The van der Waals surface area contributed by atoms with Crippen molar-refractivity contribution >= 4 is 12.0 Å². The van der Waals surface area contributed by atoms with E-state index in [-0.39, 0.29) is 12.6 Å². The topological polar surface area (TPSA) is 72.9 Å². The molecule has 2 N–H and O–H groups in total. The Bertz CT molecular complexity index is 328. The van der Waals surface area contributed by atoms with E-state index in [1.54, 1.807) is 11.9 Å². The van der Waals surface area contributed by atoms with E-state index >= 15 is 0 Å². The van der Waals surface area contributed by atoms with E-state index in [2.05, 4.69) is 17.3 Å². The molecule has 1 aliphatic rings. The summed E-state index contributed by atoms with van der Waals surface area (Å²) in [6, 6.07) is -0.177. The zero-order valence-electron chi connectivity index (χ0n) is 12.8. The van der Waals surface area contributed by atoms with Gasteiger partial charge in [-0.15, -0.1) is 0 Å². The van der Waals surface area contributed by atoms with Crippen LogP contribution in [0.3, 0.4) is 0 Å². The van der Waals surface area contributed by atoms with Gasteiger partial charge in [0.05, 0.1) is 5.92 Å². The predicted octanol–water partition coefficient (Wildman–Crippen LogP) is 1.08. The molecule has 2 amide bonds. The molecule has 0 radical (unpaired) electrons. The van der Waals surface area contributed by atoms with Crippen molar-refractivity contribution in [2.45, 2.75) is 26.2 Å². The summed E-state index contributed by atoms with van der Waals surface area (Å²) in [6.45, 7) is 4.91. The van der Waals surface area contributed by atoms with E-state index in [4.69, 9.17) is 5.11 Å². The minimum absolute atomic E-state index is 0.177. The largest absolute Gasteiger partial charge is 0.481 e. The molecular weight excluding hydrogens is 258 g/mol. The minimum atomic E-state index is -0.856. The van der Waals surface area contributed by atoms with Gasteiger partial charge in [-0.25, -0.2) is 4.79 Å². The second-order valence-corrected chi connectivity index (χ2v) is 5.76. The smallest absolute Gasteiger partial charge is 0.317 e. The van der Waals surface area contributed by atoms with Crippen molar-refractivity contribution < 1.29 is 14.7 Å². The van der Waals surface area contributed by atoms with Gasteiger partial charge >= 0.3 is 12.0 Å². The monoisotopic (exact) mass is 285 g/mol. The van der Waals surface area contributed by atoms with Gasteiger partial charge < -0.3 is 20.2 Å². The van der Waals surface area contributed by atoms with Gasteiger partial charge in [0.2, 0.25) is 0 Å². The molecule has 1 atom stereocenters. The van der Waals surface area contributed by atoms with Crippen LogP contribution in [-0.2, 0) is 4.79 Å². The first-order valence-corrected chi connectivity index (χ1v) is 7.34. The van der Waals surface area contributed by atoms with Gasteiger partial charge in [-0.1, -0.05) is 6.92 Å². The number of hydrogen-bond donors (Lipinski definition) is 2. The lowest BCUT2D eigenvalue weighted by Gasteiger charge is -2.31. The Kier molecular flexibility index (Phi) is 6.78. The average molecular weight is 285 g/mol. The van der Waals surface area contributed by atoms with Crippen molar-refractivity contribution in [2.75, 3.05) is 40.3 Å². The Labute approximate surface area is 121 Å². The fourth-order valence-corrected chi connectivity index (χ4v) is 2.47. The van der Waals surface area contributed by atoms with Crippen molar-refractivity contribution in [3.05, 3.63) is 0 Å². The molecule has 0 aromatic heterocycles. The van der Waals surface area contributed by atoms with Crippen LogP contribution in [-0.4, -0.2) is 67.2 Å². The highest BCUT2D eigenvalue weighted by Crippen LogP contribution is 2.16. The van der Waals surface area contributed by atoms with Crippen LogP contribution in [0.2, 0.25) is 0 Å². The summed E-state index contributed by atoms with van der Waals surface area (Å²) in [5, 5.41) is 11.6. The lowest BCUT2D eigenvalue weighted by Crippen LogP contribution is -2.44. The van der Waals surface area contributed by atoms with Crippen molar-refractivity contribution in [3.8, 4) is 0 Å². The van der Waals surface area contributed by atoms with Crippen LogP contribution in [0.25, 0.3) is 0 Å². The van der Waals surface area contributed by atoms with Crippen molar-refractivity contribution in [3.63, 3.8) is 0 Å². The maximum Gasteiger partial charge on any atom is 0.317 e. The van der Waals surface area contributed by atoms with Gasteiger partial charge in [0.25, 0.3) is 0 Å². The predicted molar refractivity (Wildman–Crippen MR) is 77.7 cm³/mol. The molecular formula is C14H27N3O3. The number of carboxylic acid groups (broad SMARTS) is 1. The van der Waals surface area contributed by atoms with Crippen LogP contribution in [0.15, 0.2) is 0 Å². The van der Waals surface area contributed by atoms with Crippen molar-refractivity contribution in [1.82, 2.24) is 15.1 Å². The summed E-state index contributed by atoms with van der Waals surface area (Å²) < 4.78 is 0. The number of rotatable bonds is 6. The van der Waals surface area contributed by atoms with E-state index in [0.717, 1.165) is 32.5 Å². The molecule has 0 aromatic rings. The number of nitrogens with zero attached hydrogens (tertiary/aromatic N) is 2. The summed E-state index contributed by atoms with van der Waals surface area (Å²) in [4.78, 5) is 26.8. The van der Waals surface area contributed by atoms with Gasteiger partial charge in [-0.2, -0.15) is 0 Å². The van der Waals surface area contributed by atoms with Crippen LogP contribution in [0.1, 0.15) is 26.2 Å². The zero-order chi connectivity index (χ0) is 15.1. The highest BCUT2D eigenvalue weighted by Gasteiger charge is 2.21. The maximum atomic E-state index is 11.9. The van der Waals surface area contributed by atoms with E-state index in [1.165, 1.54) is 0 Å². The molecule has 0 bridgehead atoms. The molecule has 116 valence electrons.